The van der Waals surface area contributed by atoms with E-state index in [1.165, 1.54) is 12.8 Å². The lowest BCUT2D eigenvalue weighted by Crippen LogP contribution is -2.06. The molecule has 1 rings (SSSR count). The number of hydrogen-bond donors (Lipinski definition) is 0. The quantitative estimate of drug-likeness (QED) is 0.527. The van der Waals surface area contributed by atoms with E-state index in [1.807, 2.05) is 0 Å². The van der Waals surface area contributed by atoms with E-state index >= 15 is 0 Å². The molecule has 1 heterocycles. The molecular weight excluding hydrogens is 208 g/mol. The van der Waals surface area contributed by atoms with Crippen molar-refractivity contribution < 1.29 is 14.1 Å². The maximum Gasteiger partial charge on any atom is 0.379 e. The van der Waals surface area contributed by atoms with Crippen LogP contribution in [0, 0.1) is 0 Å². The van der Waals surface area contributed by atoms with Gasteiger partial charge in [0, 0.05) is 6.42 Å². The Morgan fingerprint density at radius 1 is 1.31 bits per heavy atom. The van der Waals surface area contributed by atoms with Gasteiger partial charge in [0.15, 0.2) is 0 Å². The van der Waals surface area contributed by atoms with Gasteiger partial charge in [0.05, 0.1) is 6.61 Å². The van der Waals surface area contributed by atoms with Gasteiger partial charge in [-0.15, -0.1) is 0 Å². The van der Waals surface area contributed by atoms with Crippen molar-refractivity contribution in [2.24, 2.45) is 0 Å². The Morgan fingerprint density at radius 2 is 2.12 bits per heavy atom. The summed E-state index contributed by atoms with van der Waals surface area (Å²) in [6, 6.07) is 0. The van der Waals surface area contributed by atoms with Gasteiger partial charge in [0.1, 0.15) is 0 Å². The molecular formula is C11H18N2O3. The third kappa shape index (κ3) is 4.00. The topological polar surface area (TPSA) is 65.2 Å². The van der Waals surface area contributed by atoms with Crippen LogP contribution in [0.25, 0.3) is 0 Å². The summed E-state index contributed by atoms with van der Waals surface area (Å²) in [6.07, 6.45) is 5.29. The van der Waals surface area contributed by atoms with Crippen molar-refractivity contribution in [1.29, 1.82) is 0 Å². The number of carbonyl (C=O) groups excluding carboxylic acids is 1. The zero-order valence-corrected chi connectivity index (χ0v) is 9.86. The van der Waals surface area contributed by atoms with Gasteiger partial charge in [-0.05, 0) is 18.5 Å². The van der Waals surface area contributed by atoms with E-state index < -0.39 is 5.97 Å². The number of esters is 1. The van der Waals surface area contributed by atoms with Gasteiger partial charge < -0.3 is 9.26 Å². The predicted octanol–water partition coefficient (Wildman–Crippen LogP) is 2.37. The highest BCUT2D eigenvalue weighted by molar-refractivity contribution is 5.84. The van der Waals surface area contributed by atoms with Crippen molar-refractivity contribution in [3.8, 4) is 0 Å². The summed E-state index contributed by atoms with van der Waals surface area (Å²) < 4.78 is 9.71. The number of rotatable bonds is 7. The third-order valence-electron chi connectivity index (χ3n) is 2.17. The lowest BCUT2D eigenvalue weighted by Gasteiger charge is -1.94. The molecule has 0 fully saturated rings. The zero-order chi connectivity index (χ0) is 11.8. The van der Waals surface area contributed by atoms with E-state index in [4.69, 9.17) is 9.26 Å². The Labute approximate surface area is 95.2 Å². The molecule has 0 aliphatic rings. The van der Waals surface area contributed by atoms with E-state index in [2.05, 4.69) is 17.1 Å². The average Bonchev–Trinajstić information content (AvgIpc) is 2.73. The molecule has 0 aliphatic heterocycles. The van der Waals surface area contributed by atoms with E-state index in [0.29, 0.717) is 12.5 Å². The van der Waals surface area contributed by atoms with Crippen molar-refractivity contribution in [2.45, 2.75) is 46.0 Å². The molecule has 0 aromatic carbocycles. The van der Waals surface area contributed by atoms with Crippen molar-refractivity contribution >= 4 is 5.97 Å². The predicted molar refractivity (Wildman–Crippen MR) is 58.1 cm³/mol. The molecule has 0 spiro atoms. The first kappa shape index (κ1) is 12.7. The highest BCUT2D eigenvalue weighted by Crippen LogP contribution is 2.06. The molecule has 0 saturated carbocycles. The minimum absolute atomic E-state index is 0.0207. The summed E-state index contributed by atoms with van der Waals surface area (Å²) in [5, 5.41) is 3.57. The first-order valence-corrected chi connectivity index (χ1v) is 5.77. The van der Waals surface area contributed by atoms with Crippen LogP contribution in [0.5, 0.6) is 0 Å². The fourth-order valence-corrected chi connectivity index (χ4v) is 1.34. The molecule has 1 aromatic rings. The lowest BCUT2D eigenvalue weighted by molar-refractivity contribution is 0.0508. The number of aromatic nitrogens is 2. The first-order chi connectivity index (χ1) is 7.77. The molecule has 0 amide bonds. The van der Waals surface area contributed by atoms with Crippen LogP contribution in [0.4, 0.5) is 0 Å². The molecule has 0 N–H and O–H groups in total. The van der Waals surface area contributed by atoms with Crippen molar-refractivity contribution in [2.75, 3.05) is 6.61 Å². The second kappa shape index (κ2) is 6.98. The molecule has 0 atom stereocenters. The van der Waals surface area contributed by atoms with E-state index in [0.717, 1.165) is 19.3 Å². The second-order valence-corrected chi connectivity index (χ2v) is 3.54. The lowest BCUT2D eigenvalue weighted by atomic mass is 10.1. The zero-order valence-electron chi connectivity index (χ0n) is 9.86. The second-order valence-electron chi connectivity index (χ2n) is 3.54. The van der Waals surface area contributed by atoms with Crippen LogP contribution in [0.3, 0.4) is 0 Å². The molecule has 90 valence electrons. The minimum Gasteiger partial charge on any atom is -0.460 e. The Morgan fingerprint density at radius 3 is 2.81 bits per heavy atom. The number of carbonyl (C=O) groups is 1. The fraction of sp³-hybridized carbons (Fsp3) is 0.727. The van der Waals surface area contributed by atoms with E-state index in [9.17, 15) is 4.79 Å². The normalized spacial score (nSPS) is 10.4. The van der Waals surface area contributed by atoms with Crippen LogP contribution in [-0.4, -0.2) is 22.7 Å². The molecule has 5 nitrogen and oxygen atoms in total. The standard InChI is InChI=1S/C11H18N2O3/c1-3-5-6-7-8-9-12-10(13-16-9)11(14)15-4-2/h3-8H2,1-2H3. The molecule has 0 radical (unpaired) electrons. The Balaban J connectivity index is 2.36. The highest BCUT2D eigenvalue weighted by atomic mass is 16.5. The van der Waals surface area contributed by atoms with Gasteiger partial charge in [-0.2, -0.15) is 4.98 Å². The Kier molecular flexibility index (Phi) is 5.53. The van der Waals surface area contributed by atoms with Crippen LogP contribution < -0.4 is 0 Å². The minimum atomic E-state index is -0.522. The van der Waals surface area contributed by atoms with E-state index in [1.54, 1.807) is 6.92 Å². The maximum atomic E-state index is 11.2. The average molecular weight is 226 g/mol. The largest absolute Gasteiger partial charge is 0.460 e. The number of ether oxygens (including phenoxy) is 1. The van der Waals surface area contributed by atoms with Crippen molar-refractivity contribution in [3.05, 3.63) is 11.7 Å². The van der Waals surface area contributed by atoms with Gasteiger partial charge in [0.2, 0.25) is 5.89 Å². The summed E-state index contributed by atoms with van der Waals surface area (Å²) in [5.41, 5.74) is 0. The number of hydrogen-bond acceptors (Lipinski definition) is 5. The van der Waals surface area contributed by atoms with Gasteiger partial charge in [-0.3, -0.25) is 0 Å². The molecule has 0 bridgehead atoms. The summed E-state index contributed by atoms with van der Waals surface area (Å²) in [6.45, 7) is 4.22. The summed E-state index contributed by atoms with van der Waals surface area (Å²) in [5.74, 6) is 0.0116. The van der Waals surface area contributed by atoms with Crippen LogP contribution in [-0.2, 0) is 11.2 Å². The fourth-order valence-electron chi connectivity index (χ4n) is 1.34. The summed E-state index contributed by atoms with van der Waals surface area (Å²) >= 11 is 0. The van der Waals surface area contributed by atoms with Gasteiger partial charge in [-0.25, -0.2) is 4.79 Å². The third-order valence-corrected chi connectivity index (χ3v) is 2.17. The van der Waals surface area contributed by atoms with Crippen LogP contribution in [0.2, 0.25) is 0 Å². The van der Waals surface area contributed by atoms with Gasteiger partial charge in [0.25, 0.3) is 5.82 Å². The molecule has 16 heavy (non-hydrogen) atoms. The monoisotopic (exact) mass is 226 g/mol. The number of unbranched alkanes of at least 4 members (excludes halogenated alkanes) is 3. The van der Waals surface area contributed by atoms with Crippen molar-refractivity contribution in [1.82, 2.24) is 10.1 Å². The Bertz CT molecular complexity index is 323. The smallest absolute Gasteiger partial charge is 0.379 e. The number of nitrogens with zero attached hydrogens (tertiary/aromatic N) is 2. The van der Waals surface area contributed by atoms with Crippen LogP contribution in [0.1, 0.15) is 56.0 Å². The van der Waals surface area contributed by atoms with Crippen LogP contribution in [0.15, 0.2) is 4.52 Å². The maximum absolute atomic E-state index is 11.2. The van der Waals surface area contributed by atoms with E-state index in [-0.39, 0.29) is 5.82 Å². The molecule has 1 aromatic heterocycles. The van der Waals surface area contributed by atoms with Crippen molar-refractivity contribution in [3.63, 3.8) is 0 Å². The first-order valence-electron chi connectivity index (χ1n) is 5.77. The SMILES string of the molecule is CCCCCCc1nc(C(=O)OCC)no1. The van der Waals surface area contributed by atoms with Crippen LogP contribution >= 0.6 is 0 Å². The molecule has 0 aliphatic carbocycles. The summed E-state index contributed by atoms with van der Waals surface area (Å²) in [4.78, 5) is 15.2. The van der Waals surface area contributed by atoms with Gasteiger partial charge >= 0.3 is 5.97 Å². The molecule has 0 saturated heterocycles. The highest BCUT2D eigenvalue weighted by Gasteiger charge is 2.14. The molecule has 5 heteroatoms. The number of aryl methyl sites for hydroxylation is 1. The molecule has 0 unspecified atom stereocenters. The van der Waals surface area contributed by atoms with Gasteiger partial charge in [-0.1, -0.05) is 26.2 Å². The summed E-state index contributed by atoms with van der Waals surface area (Å²) in [7, 11) is 0. The Hall–Kier alpha value is -1.39.